The molecular weight excluding hydrogens is 312 g/mol. The summed E-state index contributed by atoms with van der Waals surface area (Å²) in [7, 11) is 8.19. The maximum absolute atomic E-state index is 12.3. The van der Waals surface area contributed by atoms with Crippen LogP contribution in [0.15, 0.2) is 30.3 Å². The molecule has 2 atom stereocenters. The summed E-state index contributed by atoms with van der Waals surface area (Å²) < 4.78 is 0. The maximum atomic E-state index is 12.3. The van der Waals surface area contributed by atoms with Crippen molar-refractivity contribution in [2.45, 2.75) is 38.8 Å². The fourth-order valence-electron chi connectivity index (χ4n) is 2.96. The number of urea groups is 1. The van der Waals surface area contributed by atoms with E-state index in [-0.39, 0.29) is 18.1 Å². The topological polar surface area (TPSA) is 47.6 Å². The van der Waals surface area contributed by atoms with Crippen molar-refractivity contribution in [1.29, 1.82) is 0 Å². The molecule has 142 valence electrons. The SMILES string of the molecule is CC(C)CC(CN(C)C)NC(=O)NCC(Cc1ccccc1)N(C)C. The number of likely N-dealkylation sites (N-methyl/N-ethyl adjacent to an activating group) is 2. The summed E-state index contributed by atoms with van der Waals surface area (Å²) in [6, 6.07) is 10.8. The molecule has 2 amide bonds. The zero-order valence-corrected chi connectivity index (χ0v) is 16.7. The summed E-state index contributed by atoms with van der Waals surface area (Å²) in [6.07, 6.45) is 1.90. The Bertz CT molecular complexity index is 478. The second kappa shape index (κ2) is 11.1. The van der Waals surface area contributed by atoms with Crippen molar-refractivity contribution in [2.75, 3.05) is 41.3 Å². The Morgan fingerprint density at radius 3 is 2.24 bits per heavy atom. The molecule has 2 unspecified atom stereocenters. The van der Waals surface area contributed by atoms with E-state index in [9.17, 15) is 4.79 Å². The van der Waals surface area contributed by atoms with Gasteiger partial charge in [-0.15, -0.1) is 0 Å². The number of amides is 2. The zero-order chi connectivity index (χ0) is 18.8. The smallest absolute Gasteiger partial charge is 0.315 e. The summed E-state index contributed by atoms with van der Waals surface area (Å²) in [5.74, 6) is 0.554. The van der Waals surface area contributed by atoms with E-state index < -0.39 is 0 Å². The molecule has 2 N–H and O–H groups in total. The van der Waals surface area contributed by atoms with Crippen LogP contribution in [0.5, 0.6) is 0 Å². The van der Waals surface area contributed by atoms with Gasteiger partial charge in [0.25, 0.3) is 0 Å². The average Bonchev–Trinajstić information content (AvgIpc) is 2.50. The molecule has 0 saturated heterocycles. The quantitative estimate of drug-likeness (QED) is 0.683. The van der Waals surface area contributed by atoms with Gasteiger partial charge in [0, 0.05) is 25.2 Å². The van der Waals surface area contributed by atoms with Gasteiger partial charge in [-0.25, -0.2) is 4.79 Å². The number of carbonyl (C=O) groups excluding carboxylic acids is 1. The highest BCUT2D eigenvalue weighted by atomic mass is 16.2. The Morgan fingerprint density at radius 1 is 1.08 bits per heavy atom. The van der Waals surface area contributed by atoms with E-state index in [1.54, 1.807) is 0 Å². The number of hydrogen-bond acceptors (Lipinski definition) is 3. The Labute approximate surface area is 153 Å². The number of carbonyl (C=O) groups is 1. The summed E-state index contributed by atoms with van der Waals surface area (Å²) in [5.41, 5.74) is 1.29. The summed E-state index contributed by atoms with van der Waals surface area (Å²) in [6.45, 7) is 5.85. The van der Waals surface area contributed by atoms with Crippen molar-refractivity contribution in [1.82, 2.24) is 20.4 Å². The predicted molar refractivity (Wildman–Crippen MR) is 106 cm³/mol. The van der Waals surface area contributed by atoms with Crippen LogP contribution >= 0.6 is 0 Å². The molecule has 0 radical (unpaired) electrons. The molecule has 25 heavy (non-hydrogen) atoms. The standard InChI is InChI=1S/C20H36N4O/c1-16(2)12-18(15-23(3)4)22-20(25)21-14-19(24(5)6)13-17-10-8-7-9-11-17/h7-11,16,18-19H,12-15H2,1-6H3,(H2,21,22,25). The monoisotopic (exact) mass is 348 g/mol. The zero-order valence-electron chi connectivity index (χ0n) is 16.7. The Balaban J connectivity index is 2.52. The predicted octanol–water partition coefficient (Wildman–Crippen LogP) is 2.43. The van der Waals surface area contributed by atoms with Crippen LogP contribution in [0.25, 0.3) is 0 Å². The molecule has 0 bridgehead atoms. The highest BCUT2D eigenvalue weighted by molar-refractivity contribution is 5.74. The Kier molecular flexibility index (Phi) is 9.53. The molecule has 0 aliphatic heterocycles. The fourth-order valence-corrected chi connectivity index (χ4v) is 2.96. The minimum absolute atomic E-state index is 0.0765. The molecule has 0 fully saturated rings. The first-order valence-electron chi connectivity index (χ1n) is 9.17. The lowest BCUT2D eigenvalue weighted by molar-refractivity contribution is 0.221. The van der Waals surface area contributed by atoms with Crippen LogP contribution < -0.4 is 10.6 Å². The Hall–Kier alpha value is -1.59. The third-order valence-electron chi connectivity index (χ3n) is 4.22. The van der Waals surface area contributed by atoms with Crippen LogP contribution in [-0.4, -0.2) is 69.2 Å². The van der Waals surface area contributed by atoms with Crippen molar-refractivity contribution < 1.29 is 4.79 Å². The second-order valence-electron chi connectivity index (χ2n) is 7.75. The molecule has 1 aromatic carbocycles. The van der Waals surface area contributed by atoms with Gasteiger partial charge >= 0.3 is 6.03 Å². The molecule has 1 rings (SSSR count). The van der Waals surface area contributed by atoms with E-state index in [1.165, 1.54) is 5.56 Å². The lowest BCUT2D eigenvalue weighted by Gasteiger charge is -2.27. The van der Waals surface area contributed by atoms with E-state index in [0.717, 1.165) is 19.4 Å². The maximum Gasteiger partial charge on any atom is 0.315 e. The largest absolute Gasteiger partial charge is 0.337 e. The first-order valence-corrected chi connectivity index (χ1v) is 9.17. The minimum atomic E-state index is -0.0765. The molecular formula is C20H36N4O. The van der Waals surface area contributed by atoms with Crippen LogP contribution in [0.2, 0.25) is 0 Å². The molecule has 0 saturated carbocycles. The van der Waals surface area contributed by atoms with Crippen molar-refractivity contribution in [2.24, 2.45) is 5.92 Å². The van der Waals surface area contributed by atoms with Gasteiger partial charge < -0.3 is 20.4 Å². The van der Waals surface area contributed by atoms with E-state index in [1.807, 2.05) is 20.2 Å². The summed E-state index contributed by atoms with van der Waals surface area (Å²) in [5, 5.41) is 6.18. The lowest BCUT2D eigenvalue weighted by atomic mass is 10.0. The number of benzene rings is 1. The van der Waals surface area contributed by atoms with Crippen molar-refractivity contribution >= 4 is 6.03 Å². The van der Waals surface area contributed by atoms with Gasteiger partial charge in [-0.3, -0.25) is 0 Å². The molecule has 0 aliphatic rings. The fraction of sp³-hybridized carbons (Fsp3) is 0.650. The number of nitrogens with zero attached hydrogens (tertiary/aromatic N) is 2. The molecule has 0 aromatic heterocycles. The molecule has 5 heteroatoms. The van der Waals surface area contributed by atoms with Crippen LogP contribution in [0.3, 0.4) is 0 Å². The van der Waals surface area contributed by atoms with E-state index >= 15 is 0 Å². The van der Waals surface area contributed by atoms with Crippen LogP contribution in [0.4, 0.5) is 4.79 Å². The third kappa shape index (κ3) is 9.46. The van der Waals surface area contributed by atoms with E-state index in [2.05, 4.69) is 72.6 Å². The normalized spacial score (nSPS) is 14.0. The van der Waals surface area contributed by atoms with Crippen molar-refractivity contribution in [3.63, 3.8) is 0 Å². The molecule has 1 aromatic rings. The minimum Gasteiger partial charge on any atom is -0.337 e. The van der Waals surface area contributed by atoms with Crippen molar-refractivity contribution in [3.8, 4) is 0 Å². The van der Waals surface area contributed by atoms with Gasteiger partial charge in [0.15, 0.2) is 0 Å². The summed E-state index contributed by atoms with van der Waals surface area (Å²) in [4.78, 5) is 16.6. The summed E-state index contributed by atoms with van der Waals surface area (Å²) >= 11 is 0. The number of nitrogens with one attached hydrogen (secondary N) is 2. The average molecular weight is 349 g/mol. The highest BCUT2D eigenvalue weighted by Gasteiger charge is 2.17. The van der Waals surface area contributed by atoms with Gasteiger partial charge in [-0.05, 0) is 52.5 Å². The van der Waals surface area contributed by atoms with Crippen LogP contribution in [0.1, 0.15) is 25.8 Å². The molecule has 0 spiro atoms. The van der Waals surface area contributed by atoms with Crippen LogP contribution in [-0.2, 0) is 6.42 Å². The molecule has 0 aliphatic carbocycles. The lowest BCUT2D eigenvalue weighted by Crippen LogP contribution is -2.50. The van der Waals surface area contributed by atoms with Gasteiger partial charge in [0.05, 0.1) is 0 Å². The van der Waals surface area contributed by atoms with Gasteiger partial charge in [0.1, 0.15) is 0 Å². The second-order valence-corrected chi connectivity index (χ2v) is 7.75. The van der Waals surface area contributed by atoms with Gasteiger partial charge in [0.2, 0.25) is 0 Å². The number of rotatable bonds is 10. The molecule has 0 heterocycles. The van der Waals surface area contributed by atoms with E-state index in [0.29, 0.717) is 12.5 Å². The van der Waals surface area contributed by atoms with Crippen molar-refractivity contribution in [3.05, 3.63) is 35.9 Å². The van der Waals surface area contributed by atoms with E-state index in [4.69, 9.17) is 0 Å². The van der Waals surface area contributed by atoms with Gasteiger partial charge in [-0.2, -0.15) is 0 Å². The molecule has 5 nitrogen and oxygen atoms in total. The highest BCUT2D eigenvalue weighted by Crippen LogP contribution is 2.07. The number of hydrogen-bond donors (Lipinski definition) is 2. The Morgan fingerprint density at radius 2 is 1.72 bits per heavy atom. The van der Waals surface area contributed by atoms with Gasteiger partial charge in [-0.1, -0.05) is 44.2 Å². The first kappa shape index (κ1) is 21.5. The first-order chi connectivity index (χ1) is 11.8. The third-order valence-corrected chi connectivity index (χ3v) is 4.22. The van der Waals surface area contributed by atoms with Crippen LogP contribution in [0, 0.1) is 5.92 Å².